The number of phenolic OH excluding ortho intramolecular Hbond substituents is 2. The summed E-state index contributed by atoms with van der Waals surface area (Å²) < 4.78 is 4.66. The number of ketones is 2. The van der Waals surface area contributed by atoms with Gasteiger partial charge in [0.2, 0.25) is 0 Å². The van der Waals surface area contributed by atoms with Crippen molar-refractivity contribution in [1.29, 1.82) is 0 Å². The number of carboxylic acid groups (broad SMARTS) is 1. The van der Waals surface area contributed by atoms with Crippen molar-refractivity contribution in [3.8, 4) is 11.5 Å². The zero-order valence-electron chi connectivity index (χ0n) is 18.5. The molecule has 7 nitrogen and oxygen atoms in total. The van der Waals surface area contributed by atoms with Gasteiger partial charge in [-0.1, -0.05) is 24.1 Å². The van der Waals surface area contributed by atoms with Gasteiger partial charge in [-0.25, -0.2) is 4.79 Å². The van der Waals surface area contributed by atoms with Gasteiger partial charge >= 0.3 is 6.16 Å². The summed E-state index contributed by atoms with van der Waals surface area (Å²) in [4.78, 5) is 34.5. The van der Waals surface area contributed by atoms with Crippen LogP contribution in [0.2, 0.25) is 0 Å². The third-order valence-corrected chi connectivity index (χ3v) is 5.16. The number of phenols is 2. The summed E-state index contributed by atoms with van der Waals surface area (Å²) in [6, 6.07) is 2.43. The first-order valence-corrected chi connectivity index (χ1v) is 10.7. The van der Waals surface area contributed by atoms with Crippen LogP contribution in [0, 0.1) is 0 Å². The van der Waals surface area contributed by atoms with Gasteiger partial charge in [-0.05, 0) is 76.7 Å². The molecule has 1 aromatic carbocycles. The van der Waals surface area contributed by atoms with E-state index >= 15 is 0 Å². The van der Waals surface area contributed by atoms with Crippen LogP contribution in [-0.4, -0.2) is 39.1 Å². The molecule has 0 saturated heterocycles. The van der Waals surface area contributed by atoms with Crippen molar-refractivity contribution in [3.05, 3.63) is 58.7 Å². The molecule has 0 radical (unpaired) electrons. The normalized spacial score (nSPS) is 18.7. The first-order chi connectivity index (χ1) is 15.2. The standard InChI is InChI=1S/C16H16O4.C9H14O3/c1-9(2)4-3-5-10-8-13(19)14-11(17)6-7-12(18)15(14)16(10)20;10-9(11)12-8-6-4-2-1-3-5-7-8/h4,6-8,17-18H,3,5H2,1-2H3;4,6,8H,1-3,5,7H2,(H,10,11)/b;6-4+. The number of fused-ring (bicyclic) bond motifs is 1. The summed E-state index contributed by atoms with van der Waals surface area (Å²) in [6.07, 6.45) is 12.1. The Hall–Kier alpha value is -3.35. The maximum absolute atomic E-state index is 12.3. The molecule has 0 spiro atoms. The van der Waals surface area contributed by atoms with Crippen LogP contribution in [0.25, 0.3) is 0 Å². The first kappa shape index (κ1) is 24.9. The summed E-state index contributed by atoms with van der Waals surface area (Å²) in [5.74, 6) is -1.39. The number of ether oxygens (including phenoxy) is 1. The molecule has 172 valence electrons. The Balaban J connectivity index is 0.000000258. The Morgan fingerprint density at radius 1 is 1.09 bits per heavy atom. The molecule has 0 fully saturated rings. The van der Waals surface area contributed by atoms with Crippen LogP contribution in [0.4, 0.5) is 4.79 Å². The Kier molecular flexibility index (Phi) is 9.25. The molecule has 2 aliphatic rings. The third-order valence-electron chi connectivity index (χ3n) is 5.16. The summed E-state index contributed by atoms with van der Waals surface area (Å²) in [7, 11) is 0. The summed E-state index contributed by atoms with van der Waals surface area (Å²) in [6.45, 7) is 3.92. The molecule has 0 heterocycles. The van der Waals surface area contributed by atoms with Crippen LogP contribution in [0.1, 0.15) is 79.5 Å². The lowest BCUT2D eigenvalue weighted by Crippen LogP contribution is -2.17. The van der Waals surface area contributed by atoms with E-state index in [9.17, 15) is 24.6 Å². The average Bonchev–Trinajstić information content (AvgIpc) is 2.69. The second-order valence-electron chi connectivity index (χ2n) is 8.03. The van der Waals surface area contributed by atoms with Crippen molar-refractivity contribution < 1.29 is 34.4 Å². The number of Topliss-reactive ketones (excluding diaryl/α,β-unsaturated/α-hetero) is 1. The van der Waals surface area contributed by atoms with Crippen molar-refractivity contribution in [2.24, 2.45) is 0 Å². The maximum Gasteiger partial charge on any atom is 0.506 e. The summed E-state index contributed by atoms with van der Waals surface area (Å²) in [5, 5.41) is 27.8. The van der Waals surface area contributed by atoms with E-state index in [4.69, 9.17) is 5.11 Å². The SMILES string of the molecule is CC(C)=CCCC1=CC(=O)c2c(O)ccc(O)c2C1=O.O=C(O)OC1/C=C/CCCCC1. The minimum absolute atomic E-state index is 0.0929. The quantitative estimate of drug-likeness (QED) is 0.310. The lowest BCUT2D eigenvalue weighted by atomic mass is 9.86. The fourth-order valence-corrected chi connectivity index (χ4v) is 3.57. The highest BCUT2D eigenvalue weighted by Gasteiger charge is 2.30. The molecule has 0 bridgehead atoms. The fourth-order valence-electron chi connectivity index (χ4n) is 3.57. The van der Waals surface area contributed by atoms with E-state index in [0.717, 1.165) is 24.8 Å². The van der Waals surface area contributed by atoms with Gasteiger partial charge in [0, 0.05) is 5.57 Å². The maximum atomic E-state index is 12.3. The van der Waals surface area contributed by atoms with Crippen LogP contribution < -0.4 is 0 Å². The summed E-state index contributed by atoms with van der Waals surface area (Å²) >= 11 is 0. The van der Waals surface area contributed by atoms with Gasteiger partial charge in [0.05, 0.1) is 11.1 Å². The Morgan fingerprint density at radius 3 is 2.44 bits per heavy atom. The van der Waals surface area contributed by atoms with Crippen molar-refractivity contribution in [2.45, 2.75) is 64.9 Å². The average molecular weight is 443 g/mol. The van der Waals surface area contributed by atoms with E-state index < -0.39 is 17.7 Å². The van der Waals surface area contributed by atoms with Gasteiger partial charge in [-0.15, -0.1) is 0 Å². The lowest BCUT2D eigenvalue weighted by molar-refractivity contribution is 0.0648. The minimum atomic E-state index is -1.18. The van der Waals surface area contributed by atoms with Crippen LogP contribution in [0.5, 0.6) is 11.5 Å². The molecule has 0 aromatic heterocycles. The zero-order valence-corrected chi connectivity index (χ0v) is 18.5. The van der Waals surface area contributed by atoms with Gasteiger partial charge in [0.25, 0.3) is 0 Å². The predicted octanol–water partition coefficient (Wildman–Crippen LogP) is 5.72. The van der Waals surface area contributed by atoms with E-state index in [0.29, 0.717) is 18.4 Å². The lowest BCUT2D eigenvalue weighted by Gasteiger charge is -2.16. The number of carbonyl (C=O) groups excluding carboxylic acids is 2. The molecular formula is C25H30O7. The highest BCUT2D eigenvalue weighted by atomic mass is 16.7. The second kappa shape index (κ2) is 11.9. The van der Waals surface area contributed by atoms with Gasteiger partial charge in [-0.2, -0.15) is 0 Å². The van der Waals surface area contributed by atoms with Gasteiger partial charge in [0.1, 0.15) is 17.6 Å². The molecule has 0 saturated carbocycles. The molecule has 32 heavy (non-hydrogen) atoms. The molecule has 3 rings (SSSR count). The molecule has 3 N–H and O–H groups in total. The molecule has 7 heteroatoms. The number of aromatic hydroxyl groups is 2. The monoisotopic (exact) mass is 442 g/mol. The van der Waals surface area contributed by atoms with Crippen LogP contribution in [0.15, 0.2) is 47.6 Å². The highest BCUT2D eigenvalue weighted by Crippen LogP contribution is 2.35. The van der Waals surface area contributed by atoms with Crippen molar-refractivity contribution in [3.63, 3.8) is 0 Å². The van der Waals surface area contributed by atoms with Gasteiger partial charge in [-0.3, -0.25) is 9.59 Å². The molecule has 1 aromatic rings. The van der Waals surface area contributed by atoms with Crippen LogP contribution in [0.3, 0.4) is 0 Å². The van der Waals surface area contributed by atoms with Crippen molar-refractivity contribution in [2.75, 3.05) is 0 Å². The Labute approximate surface area is 187 Å². The van der Waals surface area contributed by atoms with E-state index in [-0.39, 0.29) is 28.7 Å². The number of rotatable bonds is 4. The molecular weight excluding hydrogens is 412 g/mol. The second-order valence-corrected chi connectivity index (χ2v) is 8.03. The Morgan fingerprint density at radius 2 is 1.78 bits per heavy atom. The van der Waals surface area contributed by atoms with Crippen molar-refractivity contribution >= 4 is 17.7 Å². The smallest absolute Gasteiger partial charge is 0.506 e. The van der Waals surface area contributed by atoms with E-state index in [1.165, 1.54) is 31.1 Å². The van der Waals surface area contributed by atoms with Gasteiger partial charge < -0.3 is 20.1 Å². The number of allylic oxidation sites excluding steroid dienone is 5. The number of hydrogen-bond donors (Lipinski definition) is 3. The van der Waals surface area contributed by atoms with E-state index in [1.54, 1.807) is 0 Å². The third kappa shape index (κ3) is 7.11. The minimum Gasteiger partial charge on any atom is -0.507 e. The van der Waals surface area contributed by atoms with Crippen LogP contribution in [-0.2, 0) is 4.74 Å². The topological polar surface area (TPSA) is 121 Å². The molecule has 2 aliphatic carbocycles. The Bertz CT molecular complexity index is 949. The molecule has 0 aliphatic heterocycles. The number of carbonyl (C=O) groups is 3. The highest BCUT2D eigenvalue weighted by molar-refractivity contribution is 6.26. The number of hydrogen-bond acceptors (Lipinski definition) is 6. The molecule has 1 atom stereocenters. The zero-order chi connectivity index (χ0) is 23.7. The van der Waals surface area contributed by atoms with Crippen LogP contribution >= 0.6 is 0 Å². The number of benzene rings is 1. The first-order valence-electron chi connectivity index (χ1n) is 10.7. The predicted molar refractivity (Wildman–Crippen MR) is 120 cm³/mol. The fraction of sp³-hybridized carbons (Fsp3) is 0.400. The largest absolute Gasteiger partial charge is 0.507 e. The summed E-state index contributed by atoms with van der Waals surface area (Å²) in [5.41, 5.74) is 1.30. The van der Waals surface area contributed by atoms with E-state index in [1.807, 2.05) is 32.1 Å². The molecule has 0 amide bonds. The van der Waals surface area contributed by atoms with Crippen molar-refractivity contribution in [1.82, 2.24) is 0 Å². The molecule has 1 unspecified atom stereocenters. The van der Waals surface area contributed by atoms with E-state index in [2.05, 4.69) is 4.74 Å². The van der Waals surface area contributed by atoms with Gasteiger partial charge in [0.15, 0.2) is 11.6 Å².